The fraction of sp³-hybridized carbons (Fsp3) is 0.485. The molecule has 3 aromatic rings. The van der Waals surface area contributed by atoms with Gasteiger partial charge in [-0.15, -0.1) is 0 Å². The Labute approximate surface area is 237 Å². The molecule has 2 aromatic carbocycles. The first-order valence-corrected chi connectivity index (χ1v) is 14.7. The van der Waals surface area contributed by atoms with Crippen molar-refractivity contribution in [1.82, 2.24) is 14.8 Å². The fourth-order valence-electron chi connectivity index (χ4n) is 6.65. The summed E-state index contributed by atoms with van der Waals surface area (Å²) in [5, 5.41) is 24.7. The van der Waals surface area contributed by atoms with E-state index in [1.807, 2.05) is 38.2 Å². The molecule has 7 heteroatoms. The number of anilines is 1. The summed E-state index contributed by atoms with van der Waals surface area (Å²) in [6.07, 6.45) is 4.46. The van der Waals surface area contributed by atoms with E-state index in [2.05, 4.69) is 57.4 Å². The average molecular weight is 543 g/mol. The molecule has 0 bridgehead atoms. The van der Waals surface area contributed by atoms with Gasteiger partial charge < -0.3 is 25.2 Å². The number of aryl methyl sites for hydroxylation is 1. The molecule has 6 rings (SSSR count). The van der Waals surface area contributed by atoms with Crippen LogP contribution in [0, 0.1) is 6.92 Å². The van der Waals surface area contributed by atoms with Crippen LogP contribution in [0.3, 0.4) is 0 Å². The molecular formula is C33H42N4O3. The molecule has 0 amide bonds. The van der Waals surface area contributed by atoms with E-state index in [9.17, 15) is 10.2 Å². The molecule has 3 aliphatic rings. The minimum absolute atomic E-state index is 0.175. The Bertz CT molecular complexity index is 1350. The second kappa shape index (κ2) is 11.1. The monoisotopic (exact) mass is 542 g/mol. The normalized spacial score (nSPS) is 23.3. The highest BCUT2D eigenvalue weighted by Crippen LogP contribution is 2.41. The summed E-state index contributed by atoms with van der Waals surface area (Å²) in [5.41, 5.74) is 6.88. The van der Waals surface area contributed by atoms with Gasteiger partial charge in [-0.3, -0.25) is 9.88 Å². The molecule has 0 spiro atoms. The number of rotatable bonds is 6. The summed E-state index contributed by atoms with van der Waals surface area (Å²) in [6, 6.07) is 17.2. The molecule has 4 heterocycles. The van der Waals surface area contributed by atoms with Gasteiger partial charge in [0, 0.05) is 49.0 Å². The number of pyridine rings is 1. The molecular weight excluding hydrogens is 500 g/mol. The number of aliphatic hydroxyl groups is 2. The number of benzene rings is 2. The second-order valence-corrected chi connectivity index (χ2v) is 12.3. The van der Waals surface area contributed by atoms with Crippen LogP contribution in [0.4, 0.5) is 5.69 Å². The van der Waals surface area contributed by atoms with Crippen LogP contribution < -0.4 is 10.1 Å². The third kappa shape index (κ3) is 5.75. The fourth-order valence-corrected chi connectivity index (χ4v) is 6.65. The van der Waals surface area contributed by atoms with Crippen molar-refractivity contribution in [1.29, 1.82) is 0 Å². The number of aromatic nitrogens is 1. The standard InChI is InChI=1S/C33H42N4O3/c1-22-8-9-23-18-37(20-32(38)35-29(23)16-22)25-12-15-36(19-25)14-5-7-26-27-6-4-13-34-30(27)21-40-31-11-10-24(17-28(26)31)33(2,3)39/h4,6,8-11,13,16-17,25-26,32,35,38-39H,5,7,12,14-15,18-21H2,1-3H3/t25-,26-,32-/m1/s1. The smallest absolute Gasteiger partial charge is 0.137 e. The molecule has 0 saturated carbocycles. The van der Waals surface area contributed by atoms with Gasteiger partial charge in [0.1, 0.15) is 18.6 Å². The number of nitrogens with zero attached hydrogens (tertiary/aromatic N) is 3. The maximum Gasteiger partial charge on any atom is 0.137 e. The Balaban J connectivity index is 1.14. The Kier molecular flexibility index (Phi) is 7.57. The van der Waals surface area contributed by atoms with Crippen LogP contribution in [0.2, 0.25) is 0 Å². The predicted molar refractivity (Wildman–Crippen MR) is 157 cm³/mol. The van der Waals surface area contributed by atoms with Crippen molar-refractivity contribution in [2.45, 2.75) is 77.0 Å². The number of likely N-dealkylation sites (tertiary alicyclic amines) is 1. The minimum Gasteiger partial charge on any atom is -0.487 e. The summed E-state index contributed by atoms with van der Waals surface area (Å²) in [5.74, 6) is 1.06. The van der Waals surface area contributed by atoms with E-state index in [1.54, 1.807) is 0 Å². The molecule has 0 unspecified atom stereocenters. The van der Waals surface area contributed by atoms with Crippen LogP contribution in [0.15, 0.2) is 54.7 Å². The van der Waals surface area contributed by atoms with Crippen molar-refractivity contribution in [3.63, 3.8) is 0 Å². The van der Waals surface area contributed by atoms with Gasteiger partial charge in [0.05, 0.1) is 11.3 Å². The van der Waals surface area contributed by atoms with Crippen molar-refractivity contribution < 1.29 is 14.9 Å². The Hall–Kier alpha value is -2.97. The maximum atomic E-state index is 10.7. The second-order valence-electron chi connectivity index (χ2n) is 12.3. The lowest BCUT2D eigenvalue weighted by Crippen LogP contribution is -2.42. The first-order chi connectivity index (χ1) is 19.2. The lowest BCUT2D eigenvalue weighted by molar-refractivity contribution is 0.0784. The summed E-state index contributed by atoms with van der Waals surface area (Å²) in [7, 11) is 0. The average Bonchev–Trinajstić information content (AvgIpc) is 3.25. The van der Waals surface area contributed by atoms with E-state index in [4.69, 9.17) is 4.74 Å². The molecule has 3 atom stereocenters. The van der Waals surface area contributed by atoms with E-state index in [0.29, 0.717) is 19.2 Å². The van der Waals surface area contributed by atoms with Crippen LogP contribution in [0.25, 0.3) is 0 Å². The largest absolute Gasteiger partial charge is 0.487 e. The van der Waals surface area contributed by atoms with Gasteiger partial charge in [-0.25, -0.2) is 0 Å². The zero-order valence-electron chi connectivity index (χ0n) is 23.9. The number of hydrogen-bond acceptors (Lipinski definition) is 7. The van der Waals surface area contributed by atoms with Crippen LogP contribution >= 0.6 is 0 Å². The van der Waals surface area contributed by atoms with E-state index >= 15 is 0 Å². The molecule has 212 valence electrons. The molecule has 1 fully saturated rings. The van der Waals surface area contributed by atoms with Gasteiger partial charge in [-0.05, 0) is 99.6 Å². The Morgan fingerprint density at radius 2 is 1.98 bits per heavy atom. The lowest BCUT2D eigenvalue weighted by atomic mass is 9.84. The highest BCUT2D eigenvalue weighted by atomic mass is 16.5. The molecule has 3 N–H and O–H groups in total. The van der Waals surface area contributed by atoms with Crippen molar-refractivity contribution in [3.8, 4) is 5.75 Å². The number of β-amino-alcohol motifs (C(OH)–C–C–N with tert-alkyl or cyclic N) is 1. The zero-order valence-corrected chi connectivity index (χ0v) is 23.9. The third-order valence-corrected chi connectivity index (χ3v) is 8.86. The summed E-state index contributed by atoms with van der Waals surface area (Å²) < 4.78 is 6.20. The molecule has 0 radical (unpaired) electrons. The molecule has 0 aliphatic carbocycles. The molecule has 3 aliphatic heterocycles. The summed E-state index contributed by atoms with van der Waals surface area (Å²) in [4.78, 5) is 9.69. The topological polar surface area (TPSA) is 81.1 Å². The van der Waals surface area contributed by atoms with E-state index in [1.165, 1.54) is 16.7 Å². The van der Waals surface area contributed by atoms with Gasteiger partial charge in [-0.1, -0.05) is 24.3 Å². The van der Waals surface area contributed by atoms with Crippen molar-refractivity contribution >= 4 is 5.69 Å². The molecule has 1 aromatic heterocycles. The van der Waals surface area contributed by atoms with Gasteiger partial charge >= 0.3 is 0 Å². The molecule has 1 saturated heterocycles. The summed E-state index contributed by atoms with van der Waals surface area (Å²) >= 11 is 0. The van der Waals surface area contributed by atoms with Crippen molar-refractivity contribution in [3.05, 3.63) is 88.2 Å². The van der Waals surface area contributed by atoms with E-state index < -0.39 is 11.8 Å². The first kappa shape index (κ1) is 27.2. The highest BCUT2D eigenvalue weighted by molar-refractivity contribution is 5.54. The zero-order chi connectivity index (χ0) is 27.9. The quantitative estimate of drug-likeness (QED) is 0.415. The Morgan fingerprint density at radius 1 is 1.10 bits per heavy atom. The molecule has 7 nitrogen and oxygen atoms in total. The van der Waals surface area contributed by atoms with E-state index in [0.717, 1.165) is 73.7 Å². The van der Waals surface area contributed by atoms with Crippen LogP contribution in [-0.4, -0.2) is 63.4 Å². The van der Waals surface area contributed by atoms with Crippen LogP contribution in [-0.2, 0) is 18.8 Å². The molecule has 40 heavy (non-hydrogen) atoms. The van der Waals surface area contributed by atoms with Crippen molar-refractivity contribution in [2.75, 3.05) is 31.5 Å². The van der Waals surface area contributed by atoms with Gasteiger partial charge in [-0.2, -0.15) is 0 Å². The number of ether oxygens (including phenoxy) is 1. The highest BCUT2D eigenvalue weighted by Gasteiger charge is 2.32. The maximum absolute atomic E-state index is 10.7. The van der Waals surface area contributed by atoms with Gasteiger partial charge in [0.2, 0.25) is 0 Å². The Morgan fingerprint density at radius 3 is 2.83 bits per heavy atom. The lowest BCUT2D eigenvalue weighted by Gasteiger charge is -2.29. The number of nitrogens with one attached hydrogen (secondary N) is 1. The van der Waals surface area contributed by atoms with Crippen LogP contribution in [0.5, 0.6) is 5.75 Å². The number of aliphatic hydroxyl groups excluding tert-OH is 1. The number of hydrogen-bond donors (Lipinski definition) is 3. The van der Waals surface area contributed by atoms with Gasteiger partial charge in [0.15, 0.2) is 0 Å². The van der Waals surface area contributed by atoms with E-state index in [-0.39, 0.29) is 5.92 Å². The van der Waals surface area contributed by atoms with Crippen LogP contribution in [0.1, 0.15) is 72.5 Å². The predicted octanol–water partition coefficient (Wildman–Crippen LogP) is 4.74. The first-order valence-electron chi connectivity index (χ1n) is 14.7. The summed E-state index contributed by atoms with van der Waals surface area (Å²) in [6.45, 7) is 10.9. The number of fused-ring (bicyclic) bond motifs is 3. The SMILES string of the molecule is Cc1ccc2c(c1)N[C@H](O)CN([C@@H]1CCN(CCC[C@H]3c4cc(C(C)(C)O)ccc4OCc4ncccc43)C1)C2. The van der Waals surface area contributed by atoms with Crippen molar-refractivity contribution in [2.24, 2.45) is 0 Å². The minimum atomic E-state index is -0.913. The third-order valence-electron chi connectivity index (χ3n) is 8.86. The van der Waals surface area contributed by atoms with Gasteiger partial charge in [0.25, 0.3) is 0 Å².